The number of esters is 1. The van der Waals surface area contributed by atoms with Gasteiger partial charge in [-0.05, 0) is 68.6 Å². The molecule has 0 aliphatic carbocycles. The second kappa shape index (κ2) is 10.00. The number of aromatic nitrogens is 1. The summed E-state index contributed by atoms with van der Waals surface area (Å²) >= 11 is 0. The van der Waals surface area contributed by atoms with Crippen molar-refractivity contribution in [1.82, 2.24) is 4.57 Å². The maximum Gasteiger partial charge on any atom is 0.303 e. The van der Waals surface area contributed by atoms with Crippen LogP contribution in [0.5, 0.6) is 5.75 Å². The fourth-order valence-electron chi connectivity index (χ4n) is 4.42. The van der Waals surface area contributed by atoms with Gasteiger partial charge in [-0.25, -0.2) is 0 Å². The molecule has 0 N–H and O–H groups in total. The SMILES string of the molecule is CC(=O)O[C@H]1[C@H](n2ccc(CC(O[Si](C)C)C(C)(C)C)cc2=O)c2cc(C#N)ccc2OC1(C)C. The van der Waals surface area contributed by atoms with Crippen LogP contribution in [0.1, 0.15) is 64.3 Å². The van der Waals surface area contributed by atoms with E-state index in [1.54, 1.807) is 35.0 Å². The van der Waals surface area contributed by atoms with Gasteiger partial charge in [-0.2, -0.15) is 5.26 Å². The molecule has 0 saturated heterocycles. The molecule has 3 atom stereocenters. The van der Waals surface area contributed by atoms with Crippen LogP contribution in [0, 0.1) is 16.7 Å². The van der Waals surface area contributed by atoms with Gasteiger partial charge in [0, 0.05) is 24.8 Å². The molecule has 1 aromatic heterocycles. The molecule has 0 saturated carbocycles. The highest BCUT2D eigenvalue weighted by Crippen LogP contribution is 2.43. The molecule has 8 heteroatoms. The minimum Gasteiger partial charge on any atom is -0.484 e. The van der Waals surface area contributed by atoms with Crippen LogP contribution >= 0.6 is 0 Å². The maximum absolute atomic E-state index is 13.5. The van der Waals surface area contributed by atoms with Gasteiger partial charge in [0.2, 0.25) is 9.04 Å². The van der Waals surface area contributed by atoms with Gasteiger partial charge in [0.25, 0.3) is 5.56 Å². The Morgan fingerprint density at radius 2 is 1.94 bits per heavy atom. The first-order valence-corrected chi connectivity index (χ1v) is 14.2. The van der Waals surface area contributed by atoms with Crippen molar-refractivity contribution in [2.45, 2.75) is 84.9 Å². The quantitative estimate of drug-likeness (QED) is 0.428. The lowest BCUT2D eigenvalue weighted by molar-refractivity contribution is -0.163. The van der Waals surface area contributed by atoms with E-state index in [2.05, 4.69) is 39.9 Å². The number of pyridine rings is 1. The molecule has 1 aromatic carbocycles. The Kier molecular flexibility index (Phi) is 7.63. The standard InChI is InChI=1S/C27H35N2O5Si/c1-17(30)32-25-24(20-13-19(16-28)9-10-21(20)33-27(25,5)6)29-12-11-18(15-23(29)31)14-22(26(2,3)4)34-35(7)8/h9-13,15,22,24-25H,14H2,1-8H3/t22?,24-,25+/m1/s1. The van der Waals surface area contributed by atoms with Crippen molar-refractivity contribution >= 4 is 15.0 Å². The Bertz CT molecular complexity index is 1190. The highest BCUT2D eigenvalue weighted by Gasteiger charge is 2.47. The van der Waals surface area contributed by atoms with Crippen LogP contribution in [0.3, 0.4) is 0 Å². The van der Waals surface area contributed by atoms with Crippen molar-refractivity contribution in [2.75, 3.05) is 0 Å². The van der Waals surface area contributed by atoms with Crippen molar-refractivity contribution < 1.29 is 18.7 Å². The van der Waals surface area contributed by atoms with Gasteiger partial charge in [-0.1, -0.05) is 20.8 Å². The predicted molar refractivity (Wildman–Crippen MR) is 136 cm³/mol. The molecular weight excluding hydrogens is 460 g/mol. The molecular formula is C27H35N2O5Si. The molecule has 35 heavy (non-hydrogen) atoms. The van der Waals surface area contributed by atoms with Crippen LogP contribution in [0.15, 0.2) is 41.3 Å². The Hall–Kier alpha value is -2.89. The largest absolute Gasteiger partial charge is 0.484 e. The van der Waals surface area contributed by atoms with E-state index in [4.69, 9.17) is 13.9 Å². The topological polar surface area (TPSA) is 90.5 Å². The van der Waals surface area contributed by atoms with Crippen LogP contribution in [-0.2, 0) is 20.4 Å². The molecule has 187 valence electrons. The Morgan fingerprint density at radius 1 is 1.26 bits per heavy atom. The van der Waals surface area contributed by atoms with Gasteiger partial charge in [0.15, 0.2) is 6.10 Å². The predicted octanol–water partition coefficient (Wildman–Crippen LogP) is 4.64. The summed E-state index contributed by atoms with van der Waals surface area (Å²) < 4.78 is 19.7. The highest BCUT2D eigenvalue weighted by molar-refractivity contribution is 6.48. The van der Waals surface area contributed by atoms with Crippen molar-refractivity contribution in [3.8, 4) is 11.8 Å². The van der Waals surface area contributed by atoms with Gasteiger partial charge in [0.05, 0.1) is 17.7 Å². The van der Waals surface area contributed by atoms with E-state index in [9.17, 15) is 14.9 Å². The molecule has 0 amide bonds. The first-order valence-electron chi connectivity index (χ1n) is 11.8. The highest BCUT2D eigenvalue weighted by atomic mass is 28.3. The normalized spacial score (nSPS) is 19.9. The Morgan fingerprint density at radius 3 is 2.49 bits per heavy atom. The summed E-state index contributed by atoms with van der Waals surface area (Å²) in [5.41, 5.74) is 0.753. The van der Waals surface area contributed by atoms with Crippen LogP contribution < -0.4 is 10.3 Å². The monoisotopic (exact) mass is 495 g/mol. The third-order valence-corrected chi connectivity index (χ3v) is 6.93. The second-order valence-electron chi connectivity index (χ2n) is 10.9. The molecule has 1 radical (unpaired) electrons. The van der Waals surface area contributed by atoms with E-state index in [0.29, 0.717) is 23.3 Å². The summed E-state index contributed by atoms with van der Waals surface area (Å²) in [5, 5.41) is 9.46. The van der Waals surface area contributed by atoms with Gasteiger partial charge in [-0.3, -0.25) is 9.59 Å². The summed E-state index contributed by atoms with van der Waals surface area (Å²) in [5.74, 6) is 0.0864. The molecule has 1 aliphatic rings. The van der Waals surface area contributed by atoms with E-state index in [1.807, 2.05) is 19.9 Å². The van der Waals surface area contributed by atoms with Crippen LogP contribution in [0.25, 0.3) is 0 Å². The number of fused-ring (bicyclic) bond motifs is 1. The summed E-state index contributed by atoms with van der Waals surface area (Å²) in [4.78, 5) is 25.5. The number of nitriles is 1. The summed E-state index contributed by atoms with van der Waals surface area (Å²) in [6.45, 7) is 15.6. The third kappa shape index (κ3) is 6.03. The number of rotatable bonds is 6. The van der Waals surface area contributed by atoms with E-state index < -0.39 is 32.8 Å². The number of carbonyl (C=O) groups is 1. The zero-order valence-corrected chi connectivity index (χ0v) is 22.8. The average molecular weight is 496 g/mol. The summed E-state index contributed by atoms with van der Waals surface area (Å²) in [6, 6.07) is 10.1. The summed E-state index contributed by atoms with van der Waals surface area (Å²) in [6.07, 6.45) is 1.57. The van der Waals surface area contributed by atoms with E-state index in [-0.39, 0.29) is 17.1 Å². The lowest BCUT2D eigenvalue weighted by Gasteiger charge is -2.44. The molecule has 2 heterocycles. The van der Waals surface area contributed by atoms with Gasteiger partial charge < -0.3 is 18.5 Å². The van der Waals surface area contributed by atoms with E-state index >= 15 is 0 Å². The smallest absolute Gasteiger partial charge is 0.303 e. The van der Waals surface area contributed by atoms with Gasteiger partial charge in [-0.15, -0.1) is 0 Å². The van der Waals surface area contributed by atoms with Crippen LogP contribution in [-0.4, -0.2) is 37.4 Å². The van der Waals surface area contributed by atoms with Gasteiger partial charge >= 0.3 is 5.97 Å². The summed E-state index contributed by atoms with van der Waals surface area (Å²) in [7, 11) is -0.913. The first-order chi connectivity index (χ1) is 16.2. The number of hydrogen-bond acceptors (Lipinski definition) is 6. The molecule has 2 aromatic rings. The zero-order chi connectivity index (χ0) is 26.1. The van der Waals surface area contributed by atoms with E-state index in [1.165, 1.54) is 6.92 Å². The molecule has 1 unspecified atom stereocenters. The lowest BCUT2D eigenvalue weighted by Crippen LogP contribution is -2.54. The van der Waals surface area contributed by atoms with E-state index in [0.717, 1.165) is 5.56 Å². The number of ether oxygens (including phenoxy) is 2. The first kappa shape index (κ1) is 26.7. The molecule has 1 aliphatic heterocycles. The van der Waals surface area contributed by atoms with Crippen LogP contribution in [0.4, 0.5) is 0 Å². The Labute approximate surface area is 209 Å². The molecule has 0 bridgehead atoms. The molecule has 0 spiro atoms. The maximum atomic E-state index is 13.5. The second-order valence-corrected chi connectivity index (χ2v) is 13.0. The minimum atomic E-state index is -0.913. The zero-order valence-electron chi connectivity index (χ0n) is 21.8. The van der Waals surface area contributed by atoms with Crippen molar-refractivity contribution in [3.63, 3.8) is 0 Å². The molecule has 7 nitrogen and oxygen atoms in total. The fourth-order valence-corrected chi connectivity index (χ4v) is 5.42. The number of carbonyl (C=O) groups excluding carboxylic acids is 1. The molecule has 3 rings (SSSR count). The molecule has 0 fully saturated rings. The third-order valence-electron chi connectivity index (χ3n) is 6.17. The van der Waals surface area contributed by atoms with Gasteiger partial charge in [0.1, 0.15) is 17.4 Å². The number of hydrogen-bond donors (Lipinski definition) is 0. The fraction of sp³-hybridized carbons (Fsp3) is 0.519. The van der Waals surface area contributed by atoms with Crippen molar-refractivity contribution in [3.05, 3.63) is 63.6 Å². The number of nitrogens with zero attached hydrogens (tertiary/aromatic N) is 2. The minimum absolute atomic E-state index is 0.0173. The van der Waals surface area contributed by atoms with Crippen molar-refractivity contribution in [1.29, 1.82) is 5.26 Å². The lowest BCUT2D eigenvalue weighted by atomic mass is 9.84. The Balaban J connectivity index is 2.10. The van der Waals surface area contributed by atoms with Crippen molar-refractivity contribution in [2.24, 2.45) is 5.41 Å². The van der Waals surface area contributed by atoms with Crippen LogP contribution in [0.2, 0.25) is 13.1 Å². The average Bonchev–Trinajstić information content (AvgIpc) is 2.73. The number of benzene rings is 1.